The Labute approximate surface area is 147 Å². The predicted octanol–water partition coefficient (Wildman–Crippen LogP) is 2.22. The molecule has 0 unspecified atom stereocenters. The number of fused-ring (bicyclic) bond motifs is 1. The molecule has 0 bridgehead atoms. The van der Waals surface area contributed by atoms with Gasteiger partial charge in [-0.05, 0) is 30.2 Å². The molecule has 0 aliphatic carbocycles. The van der Waals surface area contributed by atoms with Gasteiger partial charge < -0.3 is 19.5 Å². The van der Waals surface area contributed by atoms with E-state index in [4.69, 9.17) is 14.2 Å². The smallest absolute Gasteiger partial charge is 0.269 e. The molecular formula is C19H22N2O4. The third kappa shape index (κ3) is 4.28. The van der Waals surface area contributed by atoms with Crippen molar-refractivity contribution in [3.63, 3.8) is 0 Å². The number of hydrogen-bond donors (Lipinski definition) is 1. The van der Waals surface area contributed by atoms with Gasteiger partial charge in [-0.25, -0.2) is 4.98 Å². The maximum Gasteiger partial charge on any atom is 0.269 e. The van der Waals surface area contributed by atoms with E-state index in [-0.39, 0.29) is 11.8 Å². The molecule has 1 atom stereocenters. The third-order valence-corrected chi connectivity index (χ3v) is 4.14. The van der Waals surface area contributed by atoms with Crippen molar-refractivity contribution >= 4 is 5.91 Å². The first kappa shape index (κ1) is 17.2. The van der Waals surface area contributed by atoms with Gasteiger partial charge in [-0.15, -0.1) is 0 Å². The van der Waals surface area contributed by atoms with E-state index in [1.54, 1.807) is 20.3 Å². The van der Waals surface area contributed by atoms with Crippen LogP contribution in [-0.2, 0) is 17.8 Å². The zero-order valence-electron chi connectivity index (χ0n) is 14.5. The van der Waals surface area contributed by atoms with Crippen molar-refractivity contribution in [1.82, 2.24) is 10.3 Å². The molecule has 2 aromatic rings. The number of aromatic nitrogens is 1. The van der Waals surface area contributed by atoms with Crippen LogP contribution in [0, 0.1) is 5.92 Å². The lowest BCUT2D eigenvalue weighted by Gasteiger charge is -2.25. The highest BCUT2D eigenvalue weighted by Gasteiger charge is 2.21. The number of rotatable bonds is 6. The Hall–Kier alpha value is -2.60. The molecule has 1 aliphatic rings. The van der Waals surface area contributed by atoms with Crippen molar-refractivity contribution in [2.24, 2.45) is 5.92 Å². The molecule has 0 radical (unpaired) electrons. The Morgan fingerprint density at radius 3 is 3.00 bits per heavy atom. The molecule has 3 rings (SSSR count). The summed E-state index contributed by atoms with van der Waals surface area (Å²) in [6.45, 7) is 1.50. The predicted molar refractivity (Wildman–Crippen MR) is 93.0 cm³/mol. The number of ether oxygens (including phenoxy) is 3. The Morgan fingerprint density at radius 1 is 1.32 bits per heavy atom. The first-order valence-electron chi connectivity index (χ1n) is 8.22. The molecule has 0 saturated heterocycles. The molecule has 6 heteroatoms. The fraction of sp³-hybridized carbons (Fsp3) is 0.368. The minimum Gasteiger partial charge on any atom is -0.497 e. The Balaban J connectivity index is 1.57. The Bertz CT molecular complexity index is 748. The Kier molecular flexibility index (Phi) is 5.50. The van der Waals surface area contributed by atoms with Crippen LogP contribution in [0.3, 0.4) is 0 Å². The molecule has 0 saturated carbocycles. The summed E-state index contributed by atoms with van der Waals surface area (Å²) in [5.74, 6) is 1.69. The van der Waals surface area contributed by atoms with Gasteiger partial charge in [0.15, 0.2) is 0 Å². The summed E-state index contributed by atoms with van der Waals surface area (Å²) in [6.07, 6.45) is 0.858. The summed E-state index contributed by atoms with van der Waals surface area (Å²) in [4.78, 5) is 16.6. The highest BCUT2D eigenvalue weighted by molar-refractivity contribution is 5.92. The van der Waals surface area contributed by atoms with Crippen molar-refractivity contribution in [1.29, 1.82) is 0 Å². The van der Waals surface area contributed by atoms with Crippen molar-refractivity contribution in [3.05, 3.63) is 53.3 Å². The molecule has 1 aromatic carbocycles. The molecule has 25 heavy (non-hydrogen) atoms. The molecule has 0 spiro atoms. The second-order valence-corrected chi connectivity index (χ2v) is 6.01. The van der Waals surface area contributed by atoms with Crippen LogP contribution in [0.1, 0.15) is 21.7 Å². The molecule has 1 aliphatic heterocycles. The van der Waals surface area contributed by atoms with Crippen LogP contribution < -0.4 is 14.8 Å². The summed E-state index contributed by atoms with van der Waals surface area (Å²) >= 11 is 0. The van der Waals surface area contributed by atoms with Crippen LogP contribution in [0.25, 0.3) is 0 Å². The topological polar surface area (TPSA) is 69.7 Å². The average Bonchev–Trinajstić information content (AvgIpc) is 2.66. The fourth-order valence-corrected chi connectivity index (χ4v) is 2.84. The van der Waals surface area contributed by atoms with Crippen molar-refractivity contribution in [2.45, 2.75) is 13.0 Å². The van der Waals surface area contributed by atoms with E-state index in [1.165, 1.54) is 0 Å². The van der Waals surface area contributed by atoms with Crippen LogP contribution in [0.15, 0.2) is 36.4 Å². The molecule has 2 heterocycles. The third-order valence-electron chi connectivity index (χ3n) is 4.14. The van der Waals surface area contributed by atoms with Crippen LogP contribution >= 0.6 is 0 Å². The van der Waals surface area contributed by atoms with E-state index in [9.17, 15) is 4.79 Å². The van der Waals surface area contributed by atoms with E-state index in [2.05, 4.69) is 10.3 Å². The second-order valence-electron chi connectivity index (χ2n) is 6.01. The van der Waals surface area contributed by atoms with E-state index < -0.39 is 0 Å². The molecule has 0 fully saturated rings. The van der Waals surface area contributed by atoms with Gasteiger partial charge in [-0.1, -0.05) is 12.1 Å². The number of methoxy groups -OCH3 is 2. The largest absolute Gasteiger partial charge is 0.497 e. The van der Waals surface area contributed by atoms with Gasteiger partial charge in [0.05, 0.1) is 26.0 Å². The second kappa shape index (κ2) is 7.98. The lowest BCUT2D eigenvalue weighted by Crippen LogP contribution is -2.35. The van der Waals surface area contributed by atoms with E-state index in [1.807, 2.05) is 30.3 Å². The minimum absolute atomic E-state index is 0.182. The Morgan fingerprint density at radius 2 is 2.20 bits per heavy atom. The number of nitrogens with one attached hydrogen (secondary N) is 1. The first-order valence-corrected chi connectivity index (χ1v) is 8.22. The van der Waals surface area contributed by atoms with Crippen molar-refractivity contribution in [2.75, 3.05) is 27.4 Å². The SMILES string of the molecule is COCc1cccc(C(=O)NC[C@@H]2COc3cc(OC)ccc3C2)n1. The fourth-order valence-electron chi connectivity index (χ4n) is 2.84. The van der Waals surface area contributed by atoms with Crippen molar-refractivity contribution < 1.29 is 19.0 Å². The van der Waals surface area contributed by atoms with Crippen molar-refractivity contribution in [3.8, 4) is 11.5 Å². The van der Waals surface area contributed by atoms with Gasteiger partial charge in [0.2, 0.25) is 0 Å². The molecule has 6 nitrogen and oxygen atoms in total. The van der Waals surface area contributed by atoms with E-state index in [0.29, 0.717) is 25.5 Å². The lowest BCUT2D eigenvalue weighted by molar-refractivity contribution is 0.0933. The minimum atomic E-state index is -0.182. The number of pyridine rings is 1. The summed E-state index contributed by atoms with van der Waals surface area (Å²) in [7, 11) is 3.24. The molecule has 132 valence electrons. The molecule has 1 amide bonds. The quantitative estimate of drug-likeness (QED) is 0.872. The van der Waals surface area contributed by atoms with Crippen LogP contribution in [0.2, 0.25) is 0 Å². The molecular weight excluding hydrogens is 320 g/mol. The lowest BCUT2D eigenvalue weighted by atomic mass is 9.96. The number of carbonyl (C=O) groups excluding carboxylic acids is 1. The first-order chi connectivity index (χ1) is 12.2. The number of amides is 1. The van der Waals surface area contributed by atoms with E-state index >= 15 is 0 Å². The van der Waals surface area contributed by atoms with Gasteiger partial charge in [-0.3, -0.25) is 4.79 Å². The number of benzene rings is 1. The molecule has 1 aromatic heterocycles. The zero-order valence-corrected chi connectivity index (χ0v) is 14.5. The monoisotopic (exact) mass is 342 g/mol. The van der Waals surface area contributed by atoms with Crippen LogP contribution in [0.5, 0.6) is 11.5 Å². The zero-order chi connectivity index (χ0) is 17.6. The summed E-state index contributed by atoms with van der Waals surface area (Å²) < 4.78 is 16.1. The van der Waals surface area contributed by atoms with Gasteiger partial charge in [0.25, 0.3) is 5.91 Å². The van der Waals surface area contributed by atoms with Gasteiger partial charge in [-0.2, -0.15) is 0 Å². The standard InChI is InChI=1S/C19H22N2O4/c1-23-12-15-4-3-5-17(21-15)19(22)20-10-13-8-14-6-7-16(24-2)9-18(14)25-11-13/h3-7,9,13H,8,10-12H2,1-2H3,(H,20,22)/t13-/m1/s1. The highest BCUT2D eigenvalue weighted by atomic mass is 16.5. The van der Waals surface area contributed by atoms with Gasteiger partial charge in [0.1, 0.15) is 17.2 Å². The summed E-state index contributed by atoms with van der Waals surface area (Å²) in [5.41, 5.74) is 2.27. The summed E-state index contributed by atoms with van der Waals surface area (Å²) in [6, 6.07) is 11.2. The molecule has 1 N–H and O–H groups in total. The van der Waals surface area contributed by atoms with Crippen LogP contribution in [-0.4, -0.2) is 38.3 Å². The van der Waals surface area contributed by atoms with E-state index in [0.717, 1.165) is 29.2 Å². The normalized spacial score (nSPS) is 15.8. The maximum atomic E-state index is 12.3. The number of carbonyl (C=O) groups is 1. The van der Waals surface area contributed by atoms with Gasteiger partial charge in [0, 0.05) is 25.6 Å². The number of hydrogen-bond acceptors (Lipinski definition) is 5. The average molecular weight is 342 g/mol. The maximum absolute atomic E-state index is 12.3. The van der Waals surface area contributed by atoms with Crippen LogP contribution in [0.4, 0.5) is 0 Å². The van der Waals surface area contributed by atoms with Gasteiger partial charge >= 0.3 is 0 Å². The number of nitrogens with zero attached hydrogens (tertiary/aromatic N) is 1. The summed E-state index contributed by atoms with van der Waals surface area (Å²) in [5, 5.41) is 2.94. The highest BCUT2D eigenvalue weighted by Crippen LogP contribution is 2.30.